The van der Waals surface area contributed by atoms with Gasteiger partial charge < -0.3 is 5.73 Å². The van der Waals surface area contributed by atoms with E-state index in [1.54, 1.807) is 0 Å². The molecule has 0 atom stereocenters. The lowest BCUT2D eigenvalue weighted by atomic mass is 10.1. The summed E-state index contributed by atoms with van der Waals surface area (Å²) < 4.78 is 0. The van der Waals surface area contributed by atoms with E-state index < -0.39 is 6.03 Å². The lowest BCUT2D eigenvalue weighted by molar-refractivity contribution is 0.164. The van der Waals surface area contributed by atoms with Crippen molar-refractivity contribution in [3.05, 3.63) is 72.9 Å². The van der Waals surface area contributed by atoms with E-state index in [2.05, 4.69) is 5.43 Å². The number of carbonyl (C=O) groups is 1. The van der Waals surface area contributed by atoms with Crippen LogP contribution in [0.15, 0.2) is 72.9 Å². The number of urea groups is 1. The summed E-state index contributed by atoms with van der Waals surface area (Å²) in [6.45, 7) is 0. The number of nitrogens with two attached hydrogens (primary N) is 1. The van der Waals surface area contributed by atoms with Crippen molar-refractivity contribution in [2.24, 2.45) is 5.73 Å². The molecule has 2 amide bonds. The quantitative estimate of drug-likeness (QED) is 0.757. The third-order valence-corrected chi connectivity index (χ3v) is 2.78. The Balaban J connectivity index is 2.22. The van der Waals surface area contributed by atoms with Gasteiger partial charge in [-0.15, -0.1) is 0 Å². The van der Waals surface area contributed by atoms with Gasteiger partial charge in [0.05, 0.1) is 12.1 Å². The van der Waals surface area contributed by atoms with Crippen LogP contribution in [0.2, 0.25) is 0 Å². The van der Waals surface area contributed by atoms with Gasteiger partial charge >= 0.3 is 6.03 Å². The maximum atomic E-state index is 11.2. The highest BCUT2D eigenvalue weighted by molar-refractivity contribution is 5.71. The summed E-state index contributed by atoms with van der Waals surface area (Å²) in [5.74, 6) is 0. The van der Waals surface area contributed by atoms with Crippen LogP contribution in [0.4, 0.5) is 4.79 Å². The largest absolute Gasteiger partial charge is 0.351 e. The van der Waals surface area contributed by atoms with Crippen LogP contribution in [0.1, 0.15) is 0 Å². The van der Waals surface area contributed by atoms with Crippen LogP contribution in [0.25, 0.3) is 0 Å². The second-order valence-electron chi connectivity index (χ2n) is 4.17. The Bertz CT molecular complexity index is 428. The summed E-state index contributed by atoms with van der Waals surface area (Å²) in [6, 6.07) is -0.683. The van der Waals surface area contributed by atoms with Gasteiger partial charge in [-0.2, -0.15) is 5.01 Å². The SMILES string of the molecule is NC(=O)NN(C1C=CC=CC=C1)C1C=CC=CC=C1. The summed E-state index contributed by atoms with van der Waals surface area (Å²) in [4.78, 5) is 11.2. The van der Waals surface area contributed by atoms with Crippen molar-refractivity contribution >= 4 is 6.03 Å². The van der Waals surface area contributed by atoms with Gasteiger partial charge in [0.1, 0.15) is 0 Å². The summed E-state index contributed by atoms with van der Waals surface area (Å²) in [6.07, 6.45) is 23.5. The molecule has 0 radical (unpaired) electrons. The molecule has 98 valence electrons. The van der Waals surface area contributed by atoms with Gasteiger partial charge in [0.25, 0.3) is 0 Å². The van der Waals surface area contributed by atoms with Crippen LogP contribution < -0.4 is 11.2 Å². The van der Waals surface area contributed by atoms with Crippen molar-refractivity contribution in [3.8, 4) is 0 Å². The van der Waals surface area contributed by atoms with Gasteiger partial charge in [0.15, 0.2) is 0 Å². The summed E-state index contributed by atoms with van der Waals surface area (Å²) in [5, 5.41) is 1.81. The number of hydrogen-bond donors (Lipinski definition) is 2. The first-order chi connectivity index (χ1) is 9.27. The summed E-state index contributed by atoms with van der Waals surface area (Å²) >= 11 is 0. The third-order valence-electron chi connectivity index (χ3n) is 2.78. The van der Waals surface area contributed by atoms with Crippen molar-refractivity contribution in [2.75, 3.05) is 0 Å². The van der Waals surface area contributed by atoms with E-state index in [0.29, 0.717) is 0 Å². The minimum absolute atomic E-state index is 0.0556. The first-order valence-corrected chi connectivity index (χ1v) is 6.15. The molecule has 0 aliphatic heterocycles. The first-order valence-electron chi connectivity index (χ1n) is 6.15. The molecular weight excluding hydrogens is 238 g/mol. The second-order valence-corrected chi connectivity index (χ2v) is 4.17. The molecule has 3 N–H and O–H groups in total. The maximum absolute atomic E-state index is 11.2. The van der Waals surface area contributed by atoms with E-state index in [1.807, 2.05) is 77.9 Å². The van der Waals surface area contributed by atoms with Gasteiger partial charge in [-0.25, -0.2) is 4.79 Å². The Hall–Kier alpha value is -2.33. The van der Waals surface area contributed by atoms with Crippen LogP contribution in [0, 0.1) is 0 Å². The van der Waals surface area contributed by atoms with Crippen molar-refractivity contribution < 1.29 is 4.79 Å². The molecule has 0 aromatic rings. The number of hydrogen-bond acceptors (Lipinski definition) is 2. The normalized spacial score (nSPS) is 18.8. The van der Waals surface area contributed by atoms with Gasteiger partial charge in [-0.05, 0) is 0 Å². The number of nitrogens with one attached hydrogen (secondary N) is 1. The van der Waals surface area contributed by atoms with E-state index in [-0.39, 0.29) is 12.1 Å². The summed E-state index contributed by atoms with van der Waals surface area (Å²) in [5.41, 5.74) is 7.95. The molecule has 2 aliphatic rings. The van der Waals surface area contributed by atoms with Gasteiger partial charge in [0.2, 0.25) is 0 Å². The minimum Gasteiger partial charge on any atom is -0.351 e. The molecule has 0 heterocycles. The smallest absolute Gasteiger partial charge is 0.326 e. The predicted octanol–water partition coefficient (Wildman–Crippen LogP) is 1.97. The van der Waals surface area contributed by atoms with Crippen molar-refractivity contribution in [1.82, 2.24) is 10.4 Å². The molecule has 0 saturated heterocycles. The number of allylic oxidation sites excluding steroid dienone is 8. The van der Waals surface area contributed by atoms with E-state index in [1.165, 1.54) is 0 Å². The minimum atomic E-state index is -0.571. The van der Waals surface area contributed by atoms with Crippen molar-refractivity contribution in [1.29, 1.82) is 0 Å². The van der Waals surface area contributed by atoms with Gasteiger partial charge in [-0.3, -0.25) is 5.43 Å². The summed E-state index contributed by atoms with van der Waals surface area (Å²) in [7, 11) is 0. The molecule has 2 aliphatic carbocycles. The molecule has 19 heavy (non-hydrogen) atoms. The lowest BCUT2D eigenvalue weighted by Gasteiger charge is -2.31. The van der Waals surface area contributed by atoms with Crippen LogP contribution >= 0.6 is 0 Å². The molecule has 0 saturated carbocycles. The Kier molecular flexibility index (Phi) is 4.53. The number of nitrogens with zero attached hydrogens (tertiary/aromatic N) is 1. The van der Waals surface area contributed by atoms with Gasteiger partial charge in [0, 0.05) is 0 Å². The predicted molar refractivity (Wildman–Crippen MR) is 77.0 cm³/mol. The Morgan fingerprint density at radius 1 is 0.789 bits per heavy atom. The molecule has 0 aromatic carbocycles. The highest BCUT2D eigenvalue weighted by atomic mass is 16.2. The second kappa shape index (κ2) is 6.56. The highest BCUT2D eigenvalue weighted by Crippen LogP contribution is 2.12. The zero-order valence-electron chi connectivity index (χ0n) is 10.5. The Labute approximate surface area is 112 Å². The monoisotopic (exact) mass is 255 g/mol. The van der Waals surface area contributed by atoms with Crippen LogP contribution in [0.3, 0.4) is 0 Å². The zero-order chi connectivity index (χ0) is 13.5. The molecule has 0 aromatic heterocycles. The van der Waals surface area contributed by atoms with E-state index in [4.69, 9.17) is 5.73 Å². The van der Waals surface area contributed by atoms with Crippen molar-refractivity contribution in [3.63, 3.8) is 0 Å². The Morgan fingerprint density at radius 3 is 1.47 bits per heavy atom. The molecule has 2 rings (SSSR count). The molecule has 0 unspecified atom stereocenters. The fraction of sp³-hybridized carbons (Fsp3) is 0.133. The Morgan fingerprint density at radius 2 is 1.16 bits per heavy atom. The zero-order valence-corrected chi connectivity index (χ0v) is 10.5. The lowest BCUT2D eigenvalue weighted by Crippen LogP contribution is -2.53. The number of primary amides is 1. The molecule has 4 nitrogen and oxygen atoms in total. The van der Waals surface area contributed by atoms with Crippen LogP contribution in [-0.2, 0) is 0 Å². The van der Waals surface area contributed by atoms with Crippen LogP contribution in [-0.4, -0.2) is 23.1 Å². The fourth-order valence-corrected chi connectivity index (χ4v) is 1.94. The molecular formula is C15H17N3O. The average Bonchev–Trinajstić information content (AvgIpc) is 2.80. The first kappa shape index (κ1) is 13.1. The van der Waals surface area contributed by atoms with Gasteiger partial charge in [-0.1, -0.05) is 72.9 Å². The highest BCUT2D eigenvalue weighted by Gasteiger charge is 2.21. The number of carbonyl (C=O) groups excluding carboxylic acids is 1. The average molecular weight is 255 g/mol. The number of hydrazine groups is 1. The van der Waals surface area contributed by atoms with Crippen LogP contribution in [0.5, 0.6) is 0 Å². The number of amides is 2. The molecule has 0 spiro atoms. The van der Waals surface area contributed by atoms with Crippen molar-refractivity contribution in [2.45, 2.75) is 12.1 Å². The molecule has 0 bridgehead atoms. The fourth-order valence-electron chi connectivity index (χ4n) is 1.94. The topological polar surface area (TPSA) is 58.4 Å². The van der Waals surface area contributed by atoms with E-state index in [0.717, 1.165) is 0 Å². The maximum Gasteiger partial charge on any atom is 0.326 e. The van der Waals surface area contributed by atoms with E-state index >= 15 is 0 Å². The van der Waals surface area contributed by atoms with E-state index in [9.17, 15) is 4.79 Å². The number of rotatable bonds is 3. The molecule has 4 heteroatoms. The standard InChI is InChI=1S/C15H17N3O/c16-15(19)17-18(13-9-5-1-2-6-10-13)14-11-7-3-4-8-12-14/h1-14H,(H3,16,17,19). The third kappa shape index (κ3) is 3.82. The molecule has 0 fully saturated rings.